The third kappa shape index (κ3) is 4.26. The van der Waals surface area contributed by atoms with Crippen molar-refractivity contribution in [3.63, 3.8) is 0 Å². The van der Waals surface area contributed by atoms with Gasteiger partial charge >= 0.3 is 0 Å². The van der Waals surface area contributed by atoms with Crippen LogP contribution in [0.25, 0.3) is 0 Å². The molecule has 36 heavy (non-hydrogen) atoms. The summed E-state index contributed by atoms with van der Waals surface area (Å²) < 4.78 is 12.3. The van der Waals surface area contributed by atoms with Gasteiger partial charge in [-0.2, -0.15) is 0 Å². The molecule has 5 rings (SSSR count). The van der Waals surface area contributed by atoms with Crippen LogP contribution in [0.5, 0.6) is 11.5 Å². The monoisotopic (exact) mass is 484 g/mol. The summed E-state index contributed by atoms with van der Waals surface area (Å²) in [5.74, 6) is 2.29. The highest BCUT2D eigenvalue weighted by Gasteiger charge is 2.45. The van der Waals surface area contributed by atoms with Crippen molar-refractivity contribution in [3.8, 4) is 11.5 Å². The van der Waals surface area contributed by atoms with Crippen molar-refractivity contribution in [3.05, 3.63) is 87.5 Å². The molecule has 1 fully saturated rings. The van der Waals surface area contributed by atoms with E-state index in [0.717, 1.165) is 44.2 Å². The van der Waals surface area contributed by atoms with E-state index in [4.69, 9.17) is 9.47 Å². The van der Waals surface area contributed by atoms with Crippen LogP contribution in [-0.2, 0) is 6.54 Å². The summed E-state index contributed by atoms with van der Waals surface area (Å²) in [5.41, 5.74) is 10.4. The quantitative estimate of drug-likeness (QED) is 0.410. The number of aryl methyl sites for hydroxylation is 1. The number of hydrogen-bond donors (Lipinski definition) is 0. The fourth-order valence-electron chi connectivity index (χ4n) is 6.28. The summed E-state index contributed by atoms with van der Waals surface area (Å²) in [7, 11) is 1.76. The number of rotatable bonds is 5. The van der Waals surface area contributed by atoms with Crippen molar-refractivity contribution < 1.29 is 9.47 Å². The lowest BCUT2D eigenvalue weighted by molar-refractivity contribution is 0.121. The smallest absolute Gasteiger partial charge is 0.127 e. The summed E-state index contributed by atoms with van der Waals surface area (Å²) >= 11 is 0. The molecule has 190 valence electrons. The Balaban J connectivity index is 1.44. The highest BCUT2D eigenvalue weighted by atomic mass is 16.5. The Labute approximate surface area is 216 Å². The lowest BCUT2D eigenvalue weighted by atomic mass is 9.78. The van der Waals surface area contributed by atoms with E-state index in [-0.39, 0.29) is 11.5 Å². The van der Waals surface area contributed by atoms with Crippen LogP contribution in [0.4, 0.5) is 5.69 Å². The Hall–Kier alpha value is -2.98. The lowest BCUT2D eigenvalue weighted by Gasteiger charge is -2.38. The van der Waals surface area contributed by atoms with Gasteiger partial charge in [0.25, 0.3) is 0 Å². The molecule has 2 heterocycles. The maximum Gasteiger partial charge on any atom is 0.127 e. The van der Waals surface area contributed by atoms with Crippen LogP contribution in [0.2, 0.25) is 0 Å². The second-order valence-electron chi connectivity index (χ2n) is 11.1. The lowest BCUT2D eigenvalue weighted by Crippen LogP contribution is -2.46. The molecule has 1 unspecified atom stereocenters. The molecule has 1 saturated heterocycles. The normalized spacial score (nSPS) is 19.2. The Bertz CT molecular complexity index is 1250. The molecule has 3 aromatic carbocycles. The first-order valence-corrected chi connectivity index (χ1v) is 13.2. The van der Waals surface area contributed by atoms with E-state index in [1.54, 1.807) is 7.11 Å². The molecule has 0 N–H and O–H groups in total. The van der Waals surface area contributed by atoms with Crippen molar-refractivity contribution in [2.75, 3.05) is 38.2 Å². The zero-order valence-electron chi connectivity index (χ0n) is 22.9. The van der Waals surface area contributed by atoms with Gasteiger partial charge in [-0.3, -0.25) is 4.90 Å². The molecule has 4 nitrogen and oxygen atoms in total. The van der Waals surface area contributed by atoms with Gasteiger partial charge in [-0.05, 0) is 69.9 Å². The molecule has 1 atom stereocenters. The number of piperazine rings is 1. The summed E-state index contributed by atoms with van der Waals surface area (Å²) in [6, 6.07) is 17.4. The van der Waals surface area contributed by atoms with Gasteiger partial charge in [0.1, 0.15) is 17.1 Å². The van der Waals surface area contributed by atoms with Gasteiger partial charge in [0.15, 0.2) is 0 Å². The van der Waals surface area contributed by atoms with Gasteiger partial charge in [-0.25, -0.2) is 0 Å². The molecule has 0 saturated carbocycles. The first-order valence-electron chi connectivity index (χ1n) is 13.2. The number of benzene rings is 3. The Morgan fingerprint density at radius 2 is 1.53 bits per heavy atom. The van der Waals surface area contributed by atoms with Gasteiger partial charge in [0.05, 0.1) is 13.0 Å². The Kier molecular flexibility index (Phi) is 6.50. The van der Waals surface area contributed by atoms with Gasteiger partial charge < -0.3 is 14.4 Å². The van der Waals surface area contributed by atoms with Crippen LogP contribution in [0, 0.1) is 27.7 Å². The van der Waals surface area contributed by atoms with Crippen molar-refractivity contribution in [2.45, 2.75) is 59.6 Å². The standard InChI is InChI=1S/C32H40N2O2/c1-21-12-14-25(15-13-21)29-28-24(4)30(22(2)23(3)31(28)36-32(29,5)6)34-18-16-33(17-19-34)20-26-10-8-9-11-27(26)35-7/h8-15,29H,16-20H2,1-7H3. The first kappa shape index (κ1) is 24.7. The molecular formula is C32H40N2O2. The van der Waals surface area contributed by atoms with E-state index >= 15 is 0 Å². The van der Waals surface area contributed by atoms with E-state index in [1.165, 1.54) is 44.6 Å². The minimum Gasteiger partial charge on any atom is -0.496 e. The largest absolute Gasteiger partial charge is 0.496 e. The molecule has 0 amide bonds. The van der Waals surface area contributed by atoms with Crippen LogP contribution in [0.15, 0.2) is 48.5 Å². The fraction of sp³-hybridized carbons (Fsp3) is 0.438. The molecule has 0 aromatic heterocycles. The zero-order valence-corrected chi connectivity index (χ0v) is 22.9. The molecule has 0 spiro atoms. The second kappa shape index (κ2) is 9.48. The predicted molar refractivity (Wildman–Crippen MR) is 149 cm³/mol. The number of ether oxygens (including phenoxy) is 2. The third-order valence-corrected chi connectivity index (χ3v) is 8.30. The molecule has 2 aliphatic heterocycles. The zero-order chi connectivity index (χ0) is 25.6. The number of fused-ring (bicyclic) bond motifs is 1. The van der Waals surface area contributed by atoms with Crippen molar-refractivity contribution in [1.82, 2.24) is 4.90 Å². The van der Waals surface area contributed by atoms with Crippen molar-refractivity contribution >= 4 is 5.69 Å². The molecule has 0 aliphatic carbocycles. The molecule has 0 bridgehead atoms. The summed E-state index contributed by atoms with van der Waals surface area (Å²) in [4.78, 5) is 5.15. The molecule has 4 heteroatoms. The van der Waals surface area contributed by atoms with Gasteiger partial charge in [-0.15, -0.1) is 0 Å². The van der Waals surface area contributed by atoms with Crippen LogP contribution in [-0.4, -0.2) is 43.8 Å². The highest BCUT2D eigenvalue weighted by Crippen LogP contribution is 2.54. The summed E-state index contributed by atoms with van der Waals surface area (Å²) in [5, 5.41) is 0. The van der Waals surface area contributed by atoms with E-state index < -0.39 is 0 Å². The molecule has 0 radical (unpaired) electrons. The minimum atomic E-state index is -0.286. The average molecular weight is 485 g/mol. The minimum absolute atomic E-state index is 0.220. The summed E-state index contributed by atoms with van der Waals surface area (Å²) in [6.45, 7) is 18.5. The predicted octanol–water partition coefficient (Wildman–Crippen LogP) is 6.55. The third-order valence-electron chi connectivity index (χ3n) is 8.30. The van der Waals surface area contributed by atoms with Crippen molar-refractivity contribution in [1.29, 1.82) is 0 Å². The average Bonchev–Trinajstić information content (AvgIpc) is 3.16. The van der Waals surface area contributed by atoms with Crippen LogP contribution in [0.3, 0.4) is 0 Å². The Morgan fingerprint density at radius 1 is 0.861 bits per heavy atom. The molecule has 2 aliphatic rings. The van der Waals surface area contributed by atoms with E-state index in [0.29, 0.717) is 0 Å². The van der Waals surface area contributed by atoms with Gasteiger partial charge in [-0.1, -0.05) is 48.0 Å². The number of anilines is 1. The van der Waals surface area contributed by atoms with E-state index in [1.807, 2.05) is 6.07 Å². The fourth-order valence-corrected chi connectivity index (χ4v) is 6.28. The van der Waals surface area contributed by atoms with Crippen LogP contribution in [0.1, 0.15) is 58.7 Å². The molecular weight excluding hydrogens is 444 g/mol. The highest BCUT2D eigenvalue weighted by molar-refractivity contribution is 5.72. The number of nitrogens with zero attached hydrogens (tertiary/aromatic N) is 2. The van der Waals surface area contributed by atoms with E-state index in [2.05, 4.69) is 93.8 Å². The van der Waals surface area contributed by atoms with Crippen LogP contribution >= 0.6 is 0 Å². The maximum atomic E-state index is 6.69. The van der Waals surface area contributed by atoms with Crippen LogP contribution < -0.4 is 14.4 Å². The second-order valence-corrected chi connectivity index (χ2v) is 11.1. The molecule has 3 aromatic rings. The van der Waals surface area contributed by atoms with Crippen molar-refractivity contribution in [2.24, 2.45) is 0 Å². The Morgan fingerprint density at radius 3 is 2.19 bits per heavy atom. The topological polar surface area (TPSA) is 24.9 Å². The van der Waals surface area contributed by atoms with Gasteiger partial charge in [0, 0.05) is 49.5 Å². The number of hydrogen-bond acceptors (Lipinski definition) is 4. The number of para-hydroxylation sites is 1. The first-order chi connectivity index (χ1) is 17.2. The SMILES string of the molecule is COc1ccccc1CN1CCN(c2c(C)c(C)c3c(c2C)C(c2ccc(C)cc2)C(C)(C)O3)CC1. The maximum absolute atomic E-state index is 6.69. The number of methoxy groups -OCH3 is 1. The van der Waals surface area contributed by atoms with E-state index in [9.17, 15) is 0 Å². The van der Waals surface area contributed by atoms with Gasteiger partial charge in [0.2, 0.25) is 0 Å². The summed E-state index contributed by atoms with van der Waals surface area (Å²) in [6.07, 6.45) is 0.